The molecule has 11 heavy (non-hydrogen) atoms. The summed E-state index contributed by atoms with van der Waals surface area (Å²) in [5.74, 6) is 3.68. The Bertz CT molecular complexity index is 209. The van der Waals surface area contributed by atoms with E-state index in [4.69, 9.17) is 11.6 Å². The van der Waals surface area contributed by atoms with Gasteiger partial charge in [-0.15, -0.1) is 11.6 Å². The monoisotopic (exact) mass is 168 g/mol. The van der Waals surface area contributed by atoms with Gasteiger partial charge >= 0.3 is 0 Å². The van der Waals surface area contributed by atoms with Gasteiger partial charge in [0.1, 0.15) is 0 Å². The highest BCUT2D eigenvalue weighted by molar-refractivity contribution is 6.22. The molecule has 2 saturated carbocycles. The molecule has 3 aliphatic carbocycles. The zero-order valence-electron chi connectivity index (χ0n) is 6.54. The van der Waals surface area contributed by atoms with Crippen molar-refractivity contribution < 1.29 is 0 Å². The summed E-state index contributed by atoms with van der Waals surface area (Å²) >= 11 is 6.22. The minimum atomic E-state index is 0.371. The maximum Gasteiger partial charge on any atom is 0.0552 e. The van der Waals surface area contributed by atoms with Gasteiger partial charge in [-0.25, -0.2) is 0 Å². The van der Waals surface area contributed by atoms with Gasteiger partial charge in [0.2, 0.25) is 0 Å². The number of rotatable bonds is 0. The molecule has 2 bridgehead atoms. The van der Waals surface area contributed by atoms with Crippen LogP contribution < -0.4 is 0 Å². The Kier molecular flexibility index (Phi) is 1.21. The van der Waals surface area contributed by atoms with E-state index in [0.717, 1.165) is 23.7 Å². The van der Waals surface area contributed by atoms with Gasteiger partial charge in [-0.05, 0) is 42.9 Å². The lowest BCUT2D eigenvalue weighted by atomic mass is 9.81. The van der Waals surface area contributed by atoms with Crippen LogP contribution >= 0.6 is 11.6 Å². The fourth-order valence-electron chi connectivity index (χ4n) is 3.50. The van der Waals surface area contributed by atoms with Crippen molar-refractivity contribution in [2.45, 2.75) is 24.6 Å². The van der Waals surface area contributed by atoms with Crippen LogP contribution in [-0.4, -0.2) is 5.38 Å². The number of hydrogen-bond donors (Lipinski definition) is 0. The quantitative estimate of drug-likeness (QED) is 0.386. The lowest BCUT2D eigenvalue weighted by Crippen LogP contribution is -2.22. The molecule has 3 rings (SSSR count). The Morgan fingerprint density at radius 2 is 1.91 bits per heavy atom. The van der Waals surface area contributed by atoms with E-state index < -0.39 is 0 Å². The summed E-state index contributed by atoms with van der Waals surface area (Å²) in [5, 5.41) is 0.371. The predicted molar refractivity (Wildman–Crippen MR) is 46.6 cm³/mol. The number of halogens is 1. The summed E-state index contributed by atoms with van der Waals surface area (Å²) in [6.07, 6.45) is 9.01. The van der Waals surface area contributed by atoms with Gasteiger partial charge < -0.3 is 0 Å². The van der Waals surface area contributed by atoms with E-state index in [-0.39, 0.29) is 0 Å². The fraction of sp³-hybridized carbons (Fsp3) is 0.800. The molecular formula is C10H13Cl. The van der Waals surface area contributed by atoms with Crippen LogP contribution in [0.1, 0.15) is 19.3 Å². The molecular weight excluding hydrogens is 156 g/mol. The summed E-state index contributed by atoms with van der Waals surface area (Å²) in [5.41, 5.74) is 0. The Morgan fingerprint density at radius 1 is 1.09 bits per heavy atom. The molecule has 0 heterocycles. The smallest absolute Gasteiger partial charge is 0.0552 e. The second kappa shape index (κ2) is 2.04. The van der Waals surface area contributed by atoms with E-state index in [0.29, 0.717) is 5.38 Å². The molecule has 0 radical (unpaired) electrons. The van der Waals surface area contributed by atoms with Gasteiger partial charge in [0.25, 0.3) is 0 Å². The van der Waals surface area contributed by atoms with E-state index in [9.17, 15) is 0 Å². The second-order valence-electron chi connectivity index (χ2n) is 4.32. The third kappa shape index (κ3) is 0.717. The third-order valence-electron chi connectivity index (χ3n) is 3.93. The molecule has 0 unspecified atom stereocenters. The first-order valence-electron chi connectivity index (χ1n) is 4.68. The number of fused-ring (bicyclic) bond motifs is 5. The van der Waals surface area contributed by atoms with Crippen molar-refractivity contribution in [3.05, 3.63) is 12.2 Å². The molecule has 3 aliphatic rings. The molecule has 0 aromatic heterocycles. The highest BCUT2D eigenvalue weighted by Crippen LogP contribution is 2.57. The maximum absolute atomic E-state index is 6.22. The minimum absolute atomic E-state index is 0.371. The standard InChI is InChI=1S/C10H13Cl/c11-9-4-3-8-6-1-2-7(5-6)10(8)9/h3-4,6-10H,1-2,5H2/t6-,7+,8-,9+,10+/m1/s1. The van der Waals surface area contributed by atoms with Crippen LogP contribution in [0.15, 0.2) is 12.2 Å². The molecule has 0 nitrogen and oxygen atoms in total. The molecule has 0 aromatic rings. The second-order valence-corrected chi connectivity index (χ2v) is 4.82. The molecule has 0 N–H and O–H groups in total. The molecule has 2 fully saturated rings. The van der Waals surface area contributed by atoms with Gasteiger partial charge in [0, 0.05) is 0 Å². The Balaban J connectivity index is 1.96. The summed E-state index contributed by atoms with van der Waals surface area (Å²) in [4.78, 5) is 0. The summed E-state index contributed by atoms with van der Waals surface area (Å²) in [6, 6.07) is 0. The van der Waals surface area contributed by atoms with E-state index in [1.54, 1.807) is 0 Å². The molecule has 0 amide bonds. The van der Waals surface area contributed by atoms with Crippen LogP contribution in [0.3, 0.4) is 0 Å². The summed E-state index contributed by atoms with van der Waals surface area (Å²) < 4.78 is 0. The van der Waals surface area contributed by atoms with Crippen molar-refractivity contribution in [2.75, 3.05) is 0 Å². The average molecular weight is 169 g/mol. The van der Waals surface area contributed by atoms with Crippen LogP contribution in [-0.2, 0) is 0 Å². The van der Waals surface area contributed by atoms with Gasteiger partial charge in [-0.2, -0.15) is 0 Å². The predicted octanol–water partition coefficient (Wildman–Crippen LogP) is 2.83. The minimum Gasteiger partial charge on any atom is -0.118 e. The number of alkyl halides is 1. The molecule has 0 aromatic carbocycles. The molecule has 5 atom stereocenters. The van der Waals surface area contributed by atoms with Gasteiger partial charge in [-0.3, -0.25) is 0 Å². The van der Waals surface area contributed by atoms with Crippen molar-refractivity contribution >= 4 is 11.6 Å². The Labute approximate surface area is 72.6 Å². The largest absolute Gasteiger partial charge is 0.118 e. The van der Waals surface area contributed by atoms with Gasteiger partial charge in [0.15, 0.2) is 0 Å². The first-order chi connectivity index (χ1) is 5.36. The first-order valence-corrected chi connectivity index (χ1v) is 5.12. The Hall–Kier alpha value is 0.0300. The van der Waals surface area contributed by atoms with E-state index in [2.05, 4.69) is 12.2 Å². The normalized spacial score (nSPS) is 58.8. The first kappa shape index (κ1) is 6.54. The van der Waals surface area contributed by atoms with Crippen LogP contribution in [0, 0.1) is 23.7 Å². The number of allylic oxidation sites excluding steroid dienone is 2. The molecule has 0 spiro atoms. The molecule has 60 valence electrons. The van der Waals surface area contributed by atoms with Crippen LogP contribution in [0.5, 0.6) is 0 Å². The molecule has 1 heteroatoms. The highest BCUT2D eigenvalue weighted by atomic mass is 35.5. The molecule has 0 saturated heterocycles. The van der Waals surface area contributed by atoms with Gasteiger partial charge in [-0.1, -0.05) is 12.2 Å². The van der Waals surface area contributed by atoms with Crippen molar-refractivity contribution in [1.29, 1.82) is 0 Å². The van der Waals surface area contributed by atoms with Crippen molar-refractivity contribution in [3.8, 4) is 0 Å². The fourth-order valence-corrected chi connectivity index (χ4v) is 3.96. The summed E-state index contributed by atoms with van der Waals surface area (Å²) in [6.45, 7) is 0. The van der Waals surface area contributed by atoms with Crippen molar-refractivity contribution in [2.24, 2.45) is 23.7 Å². The van der Waals surface area contributed by atoms with Crippen LogP contribution in [0.4, 0.5) is 0 Å². The lowest BCUT2D eigenvalue weighted by molar-refractivity contribution is 0.288. The molecule has 0 aliphatic heterocycles. The van der Waals surface area contributed by atoms with Gasteiger partial charge in [0.05, 0.1) is 5.38 Å². The SMILES string of the molecule is Cl[C@H]1C=C[C@@H]2[C@@H]3CC[C@@H](C3)[C@@H]21. The average Bonchev–Trinajstić information content (AvgIpc) is 2.60. The van der Waals surface area contributed by atoms with Crippen molar-refractivity contribution in [3.63, 3.8) is 0 Å². The topological polar surface area (TPSA) is 0 Å². The lowest BCUT2D eigenvalue weighted by Gasteiger charge is -2.26. The van der Waals surface area contributed by atoms with E-state index >= 15 is 0 Å². The third-order valence-corrected chi connectivity index (χ3v) is 4.37. The number of hydrogen-bond acceptors (Lipinski definition) is 0. The maximum atomic E-state index is 6.22. The van der Waals surface area contributed by atoms with Crippen LogP contribution in [0.2, 0.25) is 0 Å². The van der Waals surface area contributed by atoms with E-state index in [1.807, 2.05) is 0 Å². The van der Waals surface area contributed by atoms with E-state index in [1.165, 1.54) is 19.3 Å². The van der Waals surface area contributed by atoms with Crippen LogP contribution in [0.25, 0.3) is 0 Å². The van der Waals surface area contributed by atoms with Crippen molar-refractivity contribution in [1.82, 2.24) is 0 Å². The summed E-state index contributed by atoms with van der Waals surface area (Å²) in [7, 11) is 0. The Morgan fingerprint density at radius 3 is 2.73 bits per heavy atom. The highest BCUT2D eigenvalue weighted by Gasteiger charge is 2.50. The zero-order chi connectivity index (χ0) is 7.42. The zero-order valence-corrected chi connectivity index (χ0v) is 7.30.